The molecule has 24 heavy (non-hydrogen) atoms. The SMILES string of the molecule is CCc1ccccc1-c1nc(C)c(C(=O)N2CCC(N(C)C)C2)s1. The number of thiazole rings is 1. The predicted octanol–water partition coefficient (Wildman–Crippen LogP) is 3.46. The second-order valence-corrected chi connectivity index (χ2v) is 7.60. The largest absolute Gasteiger partial charge is 0.336 e. The van der Waals surface area contributed by atoms with Gasteiger partial charge >= 0.3 is 0 Å². The van der Waals surface area contributed by atoms with Crippen molar-refractivity contribution in [2.45, 2.75) is 32.7 Å². The summed E-state index contributed by atoms with van der Waals surface area (Å²) in [5, 5.41) is 0.955. The van der Waals surface area contributed by atoms with E-state index >= 15 is 0 Å². The molecular formula is C19H25N3OS. The molecule has 0 bridgehead atoms. The van der Waals surface area contributed by atoms with E-state index < -0.39 is 0 Å². The number of amides is 1. The van der Waals surface area contributed by atoms with Gasteiger partial charge in [-0.25, -0.2) is 4.98 Å². The number of aromatic nitrogens is 1. The summed E-state index contributed by atoms with van der Waals surface area (Å²) in [6.07, 6.45) is 2.01. The molecule has 1 aromatic carbocycles. The summed E-state index contributed by atoms with van der Waals surface area (Å²) in [7, 11) is 4.16. The van der Waals surface area contributed by atoms with E-state index in [1.807, 2.05) is 17.9 Å². The number of nitrogens with zero attached hydrogens (tertiary/aromatic N) is 3. The molecule has 4 nitrogen and oxygen atoms in total. The molecule has 1 atom stereocenters. The predicted molar refractivity (Wildman–Crippen MR) is 99.7 cm³/mol. The molecule has 1 fully saturated rings. The molecule has 1 unspecified atom stereocenters. The molecule has 0 aliphatic carbocycles. The standard InChI is InChI=1S/C19H25N3OS/c1-5-14-8-6-7-9-16(14)18-20-13(2)17(24-18)19(23)22-11-10-15(12-22)21(3)4/h6-9,15H,5,10-12H2,1-4H3. The van der Waals surface area contributed by atoms with E-state index in [1.54, 1.807) is 0 Å². The van der Waals surface area contributed by atoms with Gasteiger partial charge in [-0.3, -0.25) is 4.79 Å². The molecule has 5 heteroatoms. The van der Waals surface area contributed by atoms with E-state index in [2.05, 4.69) is 44.1 Å². The summed E-state index contributed by atoms with van der Waals surface area (Å²) in [6, 6.07) is 8.79. The summed E-state index contributed by atoms with van der Waals surface area (Å²) < 4.78 is 0. The lowest BCUT2D eigenvalue weighted by Crippen LogP contribution is -2.34. The van der Waals surface area contributed by atoms with Crippen LogP contribution in [0.2, 0.25) is 0 Å². The minimum Gasteiger partial charge on any atom is -0.336 e. The van der Waals surface area contributed by atoms with Gasteiger partial charge in [0.1, 0.15) is 9.88 Å². The zero-order valence-electron chi connectivity index (χ0n) is 14.9. The Labute approximate surface area is 148 Å². The van der Waals surface area contributed by atoms with Crippen LogP contribution in [0.3, 0.4) is 0 Å². The van der Waals surface area contributed by atoms with E-state index in [-0.39, 0.29) is 5.91 Å². The van der Waals surface area contributed by atoms with Crippen LogP contribution in [0.15, 0.2) is 24.3 Å². The lowest BCUT2D eigenvalue weighted by molar-refractivity contribution is 0.0787. The van der Waals surface area contributed by atoms with E-state index in [4.69, 9.17) is 4.98 Å². The first-order valence-electron chi connectivity index (χ1n) is 8.52. The van der Waals surface area contributed by atoms with Crippen LogP contribution < -0.4 is 0 Å². The van der Waals surface area contributed by atoms with Gasteiger partial charge in [0.15, 0.2) is 0 Å². The Bertz CT molecular complexity index is 738. The zero-order valence-corrected chi connectivity index (χ0v) is 15.7. The maximum Gasteiger partial charge on any atom is 0.265 e. The minimum absolute atomic E-state index is 0.134. The van der Waals surface area contributed by atoms with Crippen LogP contribution in [0.4, 0.5) is 0 Å². The van der Waals surface area contributed by atoms with Gasteiger partial charge in [0.05, 0.1) is 5.69 Å². The summed E-state index contributed by atoms with van der Waals surface area (Å²) in [4.78, 5) is 22.6. The zero-order chi connectivity index (χ0) is 17.3. The van der Waals surface area contributed by atoms with Crippen LogP contribution >= 0.6 is 11.3 Å². The van der Waals surface area contributed by atoms with E-state index in [0.29, 0.717) is 6.04 Å². The molecule has 1 saturated heterocycles. The molecule has 0 radical (unpaired) electrons. The molecule has 2 aromatic rings. The van der Waals surface area contributed by atoms with Crippen LogP contribution in [0.1, 0.15) is 34.3 Å². The number of carbonyl (C=O) groups excluding carboxylic acids is 1. The maximum atomic E-state index is 12.9. The van der Waals surface area contributed by atoms with Crippen molar-refractivity contribution < 1.29 is 4.79 Å². The maximum absolute atomic E-state index is 12.9. The first-order chi connectivity index (χ1) is 11.5. The minimum atomic E-state index is 0.134. The summed E-state index contributed by atoms with van der Waals surface area (Å²) in [6.45, 7) is 5.74. The van der Waals surface area contributed by atoms with Gasteiger partial charge in [0.25, 0.3) is 5.91 Å². The van der Waals surface area contributed by atoms with Crippen molar-refractivity contribution in [3.63, 3.8) is 0 Å². The summed E-state index contributed by atoms with van der Waals surface area (Å²) >= 11 is 1.53. The smallest absolute Gasteiger partial charge is 0.265 e. The van der Waals surface area contributed by atoms with Gasteiger partial charge < -0.3 is 9.80 Å². The molecule has 0 spiro atoms. The Hall–Kier alpha value is -1.72. The molecule has 128 valence electrons. The van der Waals surface area contributed by atoms with E-state index in [0.717, 1.165) is 47.1 Å². The summed E-state index contributed by atoms with van der Waals surface area (Å²) in [5.41, 5.74) is 3.28. The van der Waals surface area contributed by atoms with Crippen LogP contribution in [0, 0.1) is 6.92 Å². The normalized spacial score (nSPS) is 17.7. The Morgan fingerprint density at radius 3 is 2.79 bits per heavy atom. The molecule has 1 aliphatic rings. The van der Waals surface area contributed by atoms with Gasteiger partial charge in [0.2, 0.25) is 0 Å². The fourth-order valence-electron chi connectivity index (χ4n) is 3.24. The Morgan fingerprint density at radius 1 is 1.38 bits per heavy atom. The van der Waals surface area contributed by atoms with Gasteiger partial charge in [-0.15, -0.1) is 11.3 Å². The van der Waals surface area contributed by atoms with E-state index in [1.165, 1.54) is 16.9 Å². The number of benzene rings is 1. The van der Waals surface area contributed by atoms with Crippen molar-refractivity contribution in [2.75, 3.05) is 27.2 Å². The fraction of sp³-hybridized carbons (Fsp3) is 0.474. The van der Waals surface area contributed by atoms with Gasteiger partial charge in [-0.2, -0.15) is 0 Å². The van der Waals surface area contributed by atoms with Crippen molar-refractivity contribution in [1.29, 1.82) is 0 Å². The number of rotatable bonds is 4. The molecule has 0 saturated carbocycles. The number of hydrogen-bond donors (Lipinski definition) is 0. The molecule has 1 amide bonds. The van der Waals surface area contributed by atoms with Crippen LogP contribution in [-0.4, -0.2) is 53.9 Å². The average Bonchev–Trinajstić information content (AvgIpc) is 3.21. The molecule has 1 aromatic heterocycles. The first-order valence-corrected chi connectivity index (χ1v) is 9.34. The van der Waals surface area contributed by atoms with Crippen molar-refractivity contribution in [2.24, 2.45) is 0 Å². The third-order valence-corrected chi connectivity index (χ3v) is 5.98. The lowest BCUT2D eigenvalue weighted by atomic mass is 10.1. The molecule has 2 heterocycles. The Kier molecular flexibility index (Phi) is 5.01. The number of likely N-dealkylation sites (N-methyl/N-ethyl adjacent to an activating group) is 1. The Balaban J connectivity index is 1.86. The van der Waals surface area contributed by atoms with Gasteiger partial charge in [0, 0.05) is 24.7 Å². The third kappa shape index (κ3) is 3.23. The molecule has 0 N–H and O–H groups in total. The van der Waals surface area contributed by atoms with Crippen molar-refractivity contribution >= 4 is 17.2 Å². The van der Waals surface area contributed by atoms with Gasteiger partial charge in [-0.1, -0.05) is 31.2 Å². The number of carbonyl (C=O) groups is 1. The van der Waals surface area contributed by atoms with Crippen LogP contribution in [0.5, 0.6) is 0 Å². The second-order valence-electron chi connectivity index (χ2n) is 6.60. The van der Waals surface area contributed by atoms with Gasteiger partial charge in [-0.05, 0) is 39.4 Å². The molecular weight excluding hydrogens is 318 g/mol. The highest BCUT2D eigenvalue weighted by Gasteiger charge is 2.30. The second kappa shape index (κ2) is 7.03. The highest BCUT2D eigenvalue weighted by atomic mass is 32.1. The topological polar surface area (TPSA) is 36.4 Å². The average molecular weight is 343 g/mol. The highest BCUT2D eigenvalue weighted by Crippen LogP contribution is 2.32. The fourth-order valence-corrected chi connectivity index (χ4v) is 4.33. The highest BCUT2D eigenvalue weighted by molar-refractivity contribution is 7.17. The van der Waals surface area contributed by atoms with Crippen molar-refractivity contribution in [1.82, 2.24) is 14.8 Å². The van der Waals surface area contributed by atoms with Crippen LogP contribution in [-0.2, 0) is 6.42 Å². The number of hydrogen-bond acceptors (Lipinski definition) is 4. The molecule has 3 rings (SSSR count). The first kappa shape index (κ1) is 17.1. The summed E-state index contributed by atoms with van der Waals surface area (Å²) in [5.74, 6) is 0.134. The Morgan fingerprint density at radius 2 is 2.12 bits per heavy atom. The number of likely N-dealkylation sites (tertiary alicyclic amines) is 1. The van der Waals surface area contributed by atoms with Crippen LogP contribution in [0.25, 0.3) is 10.6 Å². The lowest BCUT2D eigenvalue weighted by Gasteiger charge is -2.20. The van der Waals surface area contributed by atoms with Crippen molar-refractivity contribution in [3.8, 4) is 10.6 Å². The number of aryl methyl sites for hydroxylation is 2. The quantitative estimate of drug-likeness (QED) is 0.853. The monoisotopic (exact) mass is 343 g/mol. The molecule has 1 aliphatic heterocycles. The third-order valence-electron chi connectivity index (χ3n) is 4.80. The van der Waals surface area contributed by atoms with E-state index in [9.17, 15) is 4.79 Å². The van der Waals surface area contributed by atoms with Crippen molar-refractivity contribution in [3.05, 3.63) is 40.4 Å².